The van der Waals surface area contributed by atoms with Crippen LogP contribution in [0.15, 0.2) is 34.2 Å². The van der Waals surface area contributed by atoms with E-state index < -0.39 is 5.56 Å². The highest BCUT2D eigenvalue weighted by Crippen LogP contribution is 2.29. The summed E-state index contributed by atoms with van der Waals surface area (Å²) in [6, 6.07) is 6.06. The van der Waals surface area contributed by atoms with Crippen molar-refractivity contribution in [2.75, 3.05) is 25.3 Å². The molecule has 0 atom stereocenters. The highest BCUT2D eigenvalue weighted by Gasteiger charge is 2.09. The van der Waals surface area contributed by atoms with Gasteiger partial charge in [0.05, 0.1) is 26.0 Å². The maximum absolute atomic E-state index is 12.0. The zero-order chi connectivity index (χ0) is 17.5. The van der Waals surface area contributed by atoms with Crippen LogP contribution in [0.25, 0.3) is 0 Å². The van der Waals surface area contributed by atoms with Crippen molar-refractivity contribution in [3.8, 4) is 17.4 Å². The summed E-state index contributed by atoms with van der Waals surface area (Å²) in [5.41, 5.74) is 0.0922. The fraction of sp³-hybridized carbons (Fsp3) is 0.267. The number of anilines is 1. The molecule has 0 spiro atoms. The molecule has 0 radical (unpaired) electrons. The first kappa shape index (κ1) is 17.7. The fourth-order valence-corrected chi connectivity index (χ4v) is 2.66. The number of aromatic hydroxyl groups is 1. The Bertz CT molecular complexity index is 778. The van der Waals surface area contributed by atoms with Gasteiger partial charge in [0, 0.05) is 18.2 Å². The number of thioether (sulfide) groups is 1. The lowest BCUT2D eigenvalue weighted by atomic mass is 10.2. The van der Waals surface area contributed by atoms with E-state index in [1.807, 2.05) is 0 Å². The average Bonchev–Trinajstić information content (AvgIpc) is 2.54. The lowest BCUT2D eigenvalue weighted by Crippen LogP contribution is -2.13. The highest BCUT2D eigenvalue weighted by molar-refractivity contribution is 7.99. The number of methoxy groups -OCH3 is 2. The number of H-pyrrole nitrogens is 1. The number of hydrogen-bond donors (Lipinski definition) is 3. The fourth-order valence-electron chi connectivity index (χ4n) is 1.85. The van der Waals surface area contributed by atoms with Crippen molar-refractivity contribution < 1.29 is 19.4 Å². The van der Waals surface area contributed by atoms with Gasteiger partial charge in [-0.25, -0.2) is 0 Å². The monoisotopic (exact) mass is 351 g/mol. The van der Waals surface area contributed by atoms with Crippen LogP contribution >= 0.6 is 11.8 Å². The number of hydrogen-bond acceptors (Lipinski definition) is 7. The number of rotatable bonds is 7. The number of ether oxygens (including phenoxy) is 2. The van der Waals surface area contributed by atoms with E-state index in [1.54, 1.807) is 25.3 Å². The normalized spacial score (nSPS) is 10.2. The molecule has 128 valence electrons. The Morgan fingerprint density at radius 2 is 2.12 bits per heavy atom. The van der Waals surface area contributed by atoms with E-state index >= 15 is 0 Å². The van der Waals surface area contributed by atoms with Crippen molar-refractivity contribution in [3.05, 3.63) is 34.6 Å². The van der Waals surface area contributed by atoms with Crippen molar-refractivity contribution >= 4 is 23.4 Å². The number of carbonyl (C=O) groups is 1. The number of aromatic nitrogens is 2. The van der Waals surface area contributed by atoms with E-state index in [9.17, 15) is 14.7 Å². The summed E-state index contributed by atoms with van der Waals surface area (Å²) in [6.45, 7) is 0. The molecule has 0 unspecified atom stereocenters. The van der Waals surface area contributed by atoms with Gasteiger partial charge in [0.2, 0.25) is 11.8 Å². The molecule has 2 aromatic rings. The molecule has 0 aliphatic rings. The molecule has 1 aromatic heterocycles. The summed E-state index contributed by atoms with van der Waals surface area (Å²) in [5.74, 6) is 0.937. The van der Waals surface area contributed by atoms with Gasteiger partial charge < -0.3 is 24.9 Å². The summed E-state index contributed by atoms with van der Waals surface area (Å²) in [6.07, 6.45) is 0.194. The van der Waals surface area contributed by atoms with Crippen LogP contribution in [-0.2, 0) is 4.79 Å². The van der Waals surface area contributed by atoms with E-state index in [1.165, 1.54) is 7.11 Å². The lowest BCUT2D eigenvalue weighted by molar-refractivity contribution is -0.115. The largest absolute Gasteiger partial charge is 0.497 e. The minimum atomic E-state index is -0.447. The number of amides is 1. The van der Waals surface area contributed by atoms with E-state index in [2.05, 4.69) is 15.3 Å². The summed E-state index contributed by atoms with van der Waals surface area (Å²) in [7, 11) is 3.05. The lowest BCUT2D eigenvalue weighted by Gasteiger charge is -2.11. The zero-order valence-corrected chi connectivity index (χ0v) is 14.0. The molecule has 0 saturated heterocycles. The molecule has 1 heterocycles. The summed E-state index contributed by atoms with van der Waals surface area (Å²) >= 11 is 1.16. The van der Waals surface area contributed by atoms with Gasteiger partial charge in [-0.15, -0.1) is 0 Å². The molecule has 0 aliphatic carbocycles. The first-order valence-electron chi connectivity index (χ1n) is 6.97. The molecule has 0 bridgehead atoms. The Kier molecular flexibility index (Phi) is 6.07. The SMILES string of the molecule is COc1ccc(NC(=O)CCSc2nc(O)cc(=O)[nH]2)c(OC)c1. The Hall–Kier alpha value is -2.68. The van der Waals surface area contributed by atoms with Gasteiger partial charge in [-0.2, -0.15) is 4.98 Å². The zero-order valence-electron chi connectivity index (χ0n) is 13.2. The van der Waals surface area contributed by atoms with Crippen LogP contribution in [0.4, 0.5) is 5.69 Å². The Balaban J connectivity index is 1.90. The van der Waals surface area contributed by atoms with Crippen LogP contribution in [0.2, 0.25) is 0 Å². The topological polar surface area (TPSA) is 114 Å². The van der Waals surface area contributed by atoms with Gasteiger partial charge in [-0.3, -0.25) is 9.59 Å². The molecule has 0 fully saturated rings. The molecule has 1 amide bonds. The standard InChI is InChI=1S/C15H17N3O5S/c1-22-9-3-4-10(11(7-9)23-2)16-12(19)5-6-24-15-17-13(20)8-14(21)18-15/h3-4,7-8H,5-6H2,1-2H3,(H,16,19)(H2,17,18,20,21). The van der Waals surface area contributed by atoms with Crippen LogP contribution in [-0.4, -0.2) is 41.0 Å². The predicted octanol–water partition coefficient (Wildman–Crippen LogP) is 1.61. The molecule has 3 N–H and O–H groups in total. The van der Waals surface area contributed by atoms with Gasteiger partial charge in [-0.1, -0.05) is 11.8 Å². The molecule has 0 aliphatic heterocycles. The maximum Gasteiger partial charge on any atom is 0.255 e. The summed E-state index contributed by atoms with van der Waals surface area (Å²) in [4.78, 5) is 29.4. The Labute approximate surface area is 142 Å². The Morgan fingerprint density at radius 3 is 2.79 bits per heavy atom. The van der Waals surface area contributed by atoms with Crippen molar-refractivity contribution in [2.24, 2.45) is 0 Å². The second kappa shape index (κ2) is 8.25. The minimum absolute atomic E-state index is 0.194. The van der Waals surface area contributed by atoms with Gasteiger partial charge >= 0.3 is 0 Å². The number of nitrogens with zero attached hydrogens (tertiary/aromatic N) is 1. The molecule has 2 rings (SSSR count). The average molecular weight is 351 g/mol. The van der Waals surface area contributed by atoms with Crippen LogP contribution < -0.4 is 20.3 Å². The summed E-state index contributed by atoms with van der Waals surface area (Å²) < 4.78 is 10.3. The number of benzene rings is 1. The van der Waals surface area contributed by atoms with E-state index in [0.29, 0.717) is 22.9 Å². The van der Waals surface area contributed by atoms with Crippen molar-refractivity contribution in [1.82, 2.24) is 9.97 Å². The number of aromatic amines is 1. The van der Waals surface area contributed by atoms with Crippen LogP contribution in [0.5, 0.6) is 17.4 Å². The first-order valence-corrected chi connectivity index (χ1v) is 7.95. The van der Waals surface area contributed by atoms with Crippen LogP contribution in [0.1, 0.15) is 6.42 Å². The van der Waals surface area contributed by atoms with Crippen molar-refractivity contribution in [2.45, 2.75) is 11.6 Å². The third kappa shape index (κ3) is 4.92. The third-order valence-corrected chi connectivity index (χ3v) is 3.83. The Morgan fingerprint density at radius 1 is 1.33 bits per heavy atom. The first-order chi connectivity index (χ1) is 11.5. The summed E-state index contributed by atoms with van der Waals surface area (Å²) in [5, 5.41) is 12.3. The molecular formula is C15H17N3O5S. The van der Waals surface area contributed by atoms with E-state index in [0.717, 1.165) is 17.8 Å². The van der Waals surface area contributed by atoms with Crippen LogP contribution in [0.3, 0.4) is 0 Å². The number of nitrogens with one attached hydrogen (secondary N) is 2. The van der Waals surface area contributed by atoms with E-state index in [-0.39, 0.29) is 23.4 Å². The van der Waals surface area contributed by atoms with Gasteiger partial charge in [0.15, 0.2) is 5.16 Å². The molecule has 0 saturated carbocycles. The molecule has 24 heavy (non-hydrogen) atoms. The van der Waals surface area contributed by atoms with Gasteiger partial charge in [0.1, 0.15) is 11.5 Å². The van der Waals surface area contributed by atoms with E-state index in [4.69, 9.17) is 9.47 Å². The quantitative estimate of drug-likeness (QED) is 0.513. The molecule has 9 heteroatoms. The predicted molar refractivity (Wildman–Crippen MR) is 90.0 cm³/mol. The molecule has 8 nitrogen and oxygen atoms in total. The van der Waals surface area contributed by atoms with Gasteiger partial charge in [0.25, 0.3) is 5.56 Å². The van der Waals surface area contributed by atoms with Crippen LogP contribution in [0, 0.1) is 0 Å². The molecule has 1 aromatic carbocycles. The second-order valence-corrected chi connectivity index (χ2v) is 5.71. The van der Waals surface area contributed by atoms with Gasteiger partial charge in [-0.05, 0) is 12.1 Å². The highest BCUT2D eigenvalue weighted by atomic mass is 32.2. The van der Waals surface area contributed by atoms with Crippen molar-refractivity contribution in [1.29, 1.82) is 0 Å². The minimum Gasteiger partial charge on any atom is -0.497 e. The molecular weight excluding hydrogens is 334 g/mol. The third-order valence-electron chi connectivity index (χ3n) is 2.96. The van der Waals surface area contributed by atoms with Crippen molar-refractivity contribution in [3.63, 3.8) is 0 Å². The number of carbonyl (C=O) groups excluding carboxylic acids is 1. The maximum atomic E-state index is 12.0. The smallest absolute Gasteiger partial charge is 0.255 e. The second-order valence-electron chi connectivity index (χ2n) is 4.62.